The van der Waals surface area contributed by atoms with Crippen LogP contribution in [-0.4, -0.2) is 30.4 Å². The molecule has 2 N–H and O–H groups in total. The fourth-order valence-electron chi connectivity index (χ4n) is 2.43. The summed E-state index contributed by atoms with van der Waals surface area (Å²) in [5.41, 5.74) is -0.474. The molecule has 1 aromatic rings. The zero-order valence-electron chi connectivity index (χ0n) is 10.4. The quantitative estimate of drug-likeness (QED) is 0.856. The van der Waals surface area contributed by atoms with Crippen molar-refractivity contribution in [1.82, 2.24) is 0 Å². The molecule has 1 saturated carbocycles. The summed E-state index contributed by atoms with van der Waals surface area (Å²) in [7, 11) is 2.92. The van der Waals surface area contributed by atoms with Gasteiger partial charge < -0.3 is 19.7 Å². The molecule has 0 amide bonds. The van der Waals surface area contributed by atoms with Gasteiger partial charge in [0.2, 0.25) is 0 Å². The number of hydrogen-bond acceptors (Lipinski definition) is 4. The third-order valence-electron chi connectivity index (χ3n) is 3.60. The molecule has 2 rings (SSSR count). The van der Waals surface area contributed by atoms with Crippen LogP contribution < -0.4 is 9.47 Å². The molecular formula is C13H16O5. The van der Waals surface area contributed by atoms with E-state index < -0.39 is 11.4 Å². The molecule has 0 bridgehead atoms. The summed E-state index contributed by atoms with van der Waals surface area (Å²) < 4.78 is 10.4. The van der Waals surface area contributed by atoms with Crippen molar-refractivity contribution in [3.8, 4) is 17.2 Å². The first-order chi connectivity index (χ1) is 8.55. The summed E-state index contributed by atoms with van der Waals surface area (Å²) in [6, 6.07) is 2.87. The molecule has 1 aliphatic rings. The highest BCUT2D eigenvalue weighted by Gasteiger charge is 2.48. The molecule has 0 atom stereocenters. The highest BCUT2D eigenvalue weighted by molar-refractivity contribution is 5.84. The minimum Gasteiger partial charge on any atom is -0.508 e. The standard InChI is InChI=1S/C13H16O5/c1-17-10-7-8(14)6-9(11(10)18-2)13(12(15)16)4-3-5-13/h6-7,14H,3-5H2,1-2H3,(H,15,16). The number of phenols is 1. The molecular weight excluding hydrogens is 236 g/mol. The predicted molar refractivity (Wildman–Crippen MR) is 64.4 cm³/mol. The minimum atomic E-state index is -0.961. The Balaban J connectivity index is 2.62. The third kappa shape index (κ3) is 1.66. The van der Waals surface area contributed by atoms with E-state index in [4.69, 9.17) is 9.47 Å². The average Bonchev–Trinajstić information content (AvgIpc) is 2.26. The van der Waals surface area contributed by atoms with Gasteiger partial charge in [-0.3, -0.25) is 4.79 Å². The van der Waals surface area contributed by atoms with Crippen LogP contribution >= 0.6 is 0 Å². The van der Waals surface area contributed by atoms with Crippen molar-refractivity contribution in [2.45, 2.75) is 24.7 Å². The Hall–Kier alpha value is -1.91. The Morgan fingerprint density at radius 2 is 1.94 bits per heavy atom. The second-order valence-electron chi connectivity index (χ2n) is 4.47. The van der Waals surface area contributed by atoms with Crippen LogP contribution in [0.5, 0.6) is 17.2 Å². The highest BCUT2D eigenvalue weighted by atomic mass is 16.5. The van der Waals surface area contributed by atoms with E-state index in [1.807, 2.05) is 0 Å². The maximum atomic E-state index is 11.5. The fourth-order valence-corrected chi connectivity index (χ4v) is 2.43. The van der Waals surface area contributed by atoms with Gasteiger partial charge in [0.25, 0.3) is 0 Å². The predicted octanol–water partition coefficient (Wildman–Crippen LogP) is 1.92. The van der Waals surface area contributed by atoms with Crippen molar-refractivity contribution in [2.24, 2.45) is 0 Å². The highest BCUT2D eigenvalue weighted by Crippen LogP contribution is 2.51. The molecule has 0 unspecified atom stereocenters. The van der Waals surface area contributed by atoms with Crippen molar-refractivity contribution in [3.63, 3.8) is 0 Å². The van der Waals surface area contributed by atoms with Gasteiger partial charge in [0, 0.05) is 11.6 Å². The van der Waals surface area contributed by atoms with E-state index in [0.29, 0.717) is 29.9 Å². The van der Waals surface area contributed by atoms with E-state index in [-0.39, 0.29) is 5.75 Å². The number of carboxylic acids is 1. The number of phenolic OH excluding ortho intramolecular Hbond substituents is 1. The summed E-state index contributed by atoms with van der Waals surface area (Å²) in [5.74, 6) is -0.174. The van der Waals surface area contributed by atoms with Gasteiger partial charge in [0.05, 0.1) is 19.6 Å². The average molecular weight is 252 g/mol. The first-order valence-corrected chi connectivity index (χ1v) is 5.74. The van der Waals surface area contributed by atoms with Crippen LogP contribution in [0, 0.1) is 0 Å². The van der Waals surface area contributed by atoms with Crippen LogP contribution in [0.2, 0.25) is 0 Å². The number of rotatable bonds is 4. The maximum absolute atomic E-state index is 11.5. The molecule has 0 spiro atoms. The van der Waals surface area contributed by atoms with Crippen LogP contribution in [-0.2, 0) is 10.2 Å². The minimum absolute atomic E-state index is 0.0184. The van der Waals surface area contributed by atoms with Crippen molar-refractivity contribution >= 4 is 5.97 Å². The molecule has 5 nitrogen and oxygen atoms in total. The number of hydrogen-bond donors (Lipinski definition) is 2. The largest absolute Gasteiger partial charge is 0.508 e. The van der Waals surface area contributed by atoms with E-state index in [0.717, 1.165) is 6.42 Å². The first-order valence-electron chi connectivity index (χ1n) is 5.74. The van der Waals surface area contributed by atoms with Crippen LogP contribution in [0.4, 0.5) is 0 Å². The van der Waals surface area contributed by atoms with Gasteiger partial charge in [-0.2, -0.15) is 0 Å². The monoisotopic (exact) mass is 252 g/mol. The lowest BCUT2D eigenvalue weighted by Gasteiger charge is -2.39. The van der Waals surface area contributed by atoms with Gasteiger partial charge in [-0.25, -0.2) is 0 Å². The number of methoxy groups -OCH3 is 2. The van der Waals surface area contributed by atoms with Gasteiger partial charge in [-0.1, -0.05) is 6.42 Å². The zero-order valence-corrected chi connectivity index (χ0v) is 10.4. The van der Waals surface area contributed by atoms with Gasteiger partial charge in [0.15, 0.2) is 11.5 Å². The second-order valence-corrected chi connectivity index (χ2v) is 4.47. The van der Waals surface area contributed by atoms with Crippen LogP contribution in [0.3, 0.4) is 0 Å². The molecule has 18 heavy (non-hydrogen) atoms. The molecule has 0 aliphatic heterocycles. The van der Waals surface area contributed by atoms with E-state index in [1.165, 1.54) is 26.4 Å². The van der Waals surface area contributed by atoms with E-state index in [2.05, 4.69) is 0 Å². The molecule has 0 heterocycles. The zero-order chi connectivity index (χ0) is 13.3. The Morgan fingerprint density at radius 3 is 2.33 bits per heavy atom. The third-order valence-corrected chi connectivity index (χ3v) is 3.60. The van der Waals surface area contributed by atoms with E-state index >= 15 is 0 Å². The van der Waals surface area contributed by atoms with Crippen molar-refractivity contribution in [3.05, 3.63) is 17.7 Å². The first kappa shape index (κ1) is 12.5. The van der Waals surface area contributed by atoms with Gasteiger partial charge in [-0.05, 0) is 18.9 Å². The molecule has 0 aromatic heterocycles. The van der Waals surface area contributed by atoms with Gasteiger partial charge >= 0.3 is 5.97 Å². The SMILES string of the molecule is COc1cc(O)cc(C2(C(=O)O)CCC2)c1OC. The lowest BCUT2D eigenvalue weighted by molar-refractivity contribution is -0.147. The summed E-state index contributed by atoms with van der Waals surface area (Å²) >= 11 is 0. The van der Waals surface area contributed by atoms with Crippen molar-refractivity contribution in [1.29, 1.82) is 0 Å². The molecule has 0 saturated heterocycles. The smallest absolute Gasteiger partial charge is 0.314 e. The molecule has 98 valence electrons. The van der Waals surface area contributed by atoms with Crippen LogP contribution in [0.1, 0.15) is 24.8 Å². The fraction of sp³-hybridized carbons (Fsp3) is 0.462. The van der Waals surface area contributed by atoms with E-state index in [9.17, 15) is 15.0 Å². The summed E-state index contributed by atoms with van der Waals surface area (Å²) in [6.07, 6.45) is 1.95. The number of aromatic hydroxyl groups is 1. The Bertz CT molecular complexity index is 477. The molecule has 1 aromatic carbocycles. The lowest BCUT2D eigenvalue weighted by Crippen LogP contribution is -2.42. The normalized spacial score (nSPS) is 16.8. The number of carbonyl (C=O) groups is 1. The molecule has 5 heteroatoms. The number of ether oxygens (including phenoxy) is 2. The van der Waals surface area contributed by atoms with Crippen LogP contribution in [0.25, 0.3) is 0 Å². The topological polar surface area (TPSA) is 76.0 Å². The van der Waals surface area contributed by atoms with Gasteiger partial charge in [0.1, 0.15) is 5.75 Å². The molecule has 0 radical (unpaired) electrons. The van der Waals surface area contributed by atoms with Crippen molar-refractivity contribution in [2.75, 3.05) is 14.2 Å². The Kier molecular flexibility index (Phi) is 3.07. The summed E-state index contributed by atoms with van der Waals surface area (Å²) in [4.78, 5) is 11.5. The van der Waals surface area contributed by atoms with E-state index in [1.54, 1.807) is 0 Å². The van der Waals surface area contributed by atoms with Crippen LogP contribution in [0.15, 0.2) is 12.1 Å². The number of aliphatic carboxylic acids is 1. The Labute approximate surface area is 105 Å². The summed E-state index contributed by atoms with van der Waals surface area (Å²) in [6.45, 7) is 0. The van der Waals surface area contributed by atoms with Crippen molar-refractivity contribution < 1.29 is 24.5 Å². The molecule has 1 aliphatic carbocycles. The second kappa shape index (κ2) is 4.40. The Morgan fingerprint density at radius 1 is 1.28 bits per heavy atom. The summed E-state index contributed by atoms with van der Waals surface area (Å²) in [5, 5.41) is 19.1. The lowest BCUT2D eigenvalue weighted by atomic mass is 9.64. The van der Waals surface area contributed by atoms with Gasteiger partial charge in [-0.15, -0.1) is 0 Å². The molecule has 1 fully saturated rings. The number of carboxylic acid groups (broad SMARTS) is 1. The number of benzene rings is 1. The maximum Gasteiger partial charge on any atom is 0.314 e.